The largest absolute Gasteiger partial charge is 0.370 e. The number of aromatic nitrogens is 1. The lowest BCUT2D eigenvalue weighted by molar-refractivity contribution is -0.130. The van der Waals surface area contributed by atoms with E-state index >= 15 is 0 Å². The zero-order chi connectivity index (χ0) is 30.5. The van der Waals surface area contributed by atoms with E-state index in [4.69, 9.17) is 11.5 Å². The average molecular weight is 594 g/mol. The molecule has 0 spiro atoms. The van der Waals surface area contributed by atoms with Crippen LogP contribution in [0.5, 0.6) is 0 Å². The van der Waals surface area contributed by atoms with Crippen LogP contribution < -0.4 is 27.4 Å². The van der Waals surface area contributed by atoms with Crippen LogP contribution in [0.25, 0.3) is 10.2 Å². The number of rotatable bonds is 16. The van der Waals surface area contributed by atoms with Crippen molar-refractivity contribution in [3.05, 3.63) is 65.2 Å². The Bertz CT molecular complexity index is 1350. The van der Waals surface area contributed by atoms with Gasteiger partial charge in [-0.3, -0.25) is 24.2 Å². The molecule has 2 atom stereocenters. The van der Waals surface area contributed by atoms with Crippen molar-refractivity contribution in [3.63, 3.8) is 0 Å². The molecule has 11 nitrogen and oxygen atoms in total. The Labute approximate surface area is 249 Å². The number of amides is 3. The van der Waals surface area contributed by atoms with Gasteiger partial charge in [0.1, 0.15) is 6.04 Å². The predicted molar refractivity (Wildman–Crippen MR) is 165 cm³/mol. The molecule has 3 rings (SSSR count). The number of nitrogens with two attached hydrogens (primary N) is 2. The van der Waals surface area contributed by atoms with Crippen molar-refractivity contribution in [1.29, 1.82) is 0 Å². The molecule has 0 saturated carbocycles. The second-order valence-corrected chi connectivity index (χ2v) is 11.4. The minimum Gasteiger partial charge on any atom is -0.370 e. The van der Waals surface area contributed by atoms with Crippen LogP contribution >= 0.6 is 11.3 Å². The normalized spacial score (nSPS) is 12.4. The third-order valence-electron chi connectivity index (χ3n) is 6.37. The van der Waals surface area contributed by atoms with E-state index in [0.717, 1.165) is 10.3 Å². The number of aliphatic imine (C=N–C) groups is 1. The second kappa shape index (κ2) is 16.2. The first-order valence-corrected chi connectivity index (χ1v) is 14.8. The highest BCUT2D eigenvalue weighted by atomic mass is 32.1. The molecule has 1 aromatic heterocycles. The monoisotopic (exact) mass is 593 g/mol. The number of nitrogens with one attached hydrogen (secondary N) is 3. The average Bonchev–Trinajstić information content (AvgIpc) is 3.40. The van der Waals surface area contributed by atoms with Crippen LogP contribution in [-0.2, 0) is 20.8 Å². The predicted octanol–water partition coefficient (Wildman–Crippen LogP) is 2.30. The van der Waals surface area contributed by atoms with E-state index in [0.29, 0.717) is 31.3 Å². The molecule has 0 radical (unpaired) electrons. The quantitative estimate of drug-likeness (QED) is 0.0731. The summed E-state index contributed by atoms with van der Waals surface area (Å²) in [6.07, 6.45) is 1.92. The van der Waals surface area contributed by atoms with Gasteiger partial charge in [-0.25, -0.2) is 4.98 Å². The van der Waals surface area contributed by atoms with Crippen molar-refractivity contribution in [2.24, 2.45) is 22.4 Å². The highest BCUT2D eigenvalue weighted by Gasteiger charge is 2.26. The Kier molecular flexibility index (Phi) is 12.4. The first-order valence-electron chi connectivity index (χ1n) is 14.0. The lowest BCUT2D eigenvalue weighted by Crippen LogP contribution is -2.51. The van der Waals surface area contributed by atoms with Gasteiger partial charge in [0, 0.05) is 13.0 Å². The maximum absolute atomic E-state index is 13.3. The number of thiazole rings is 1. The van der Waals surface area contributed by atoms with Gasteiger partial charge in [-0.15, -0.1) is 11.3 Å². The molecule has 0 aliphatic heterocycles. The van der Waals surface area contributed by atoms with Crippen molar-refractivity contribution in [3.8, 4) is 0 Å². The number of benzene rings is 2. The molecule has 0 aliphatic carbocycles. The third-order valence-corrected chi connectivity index (χ3v) is 7.42. The molecule has 2 aromatic carbocycles. The molecule has 12 heteroatoms. The number of carbonyl (C=O) groups is 4. The Balaban J connectivity index is 1.59. The van der Waals surface area contributed by atoms with Crippen molar-refractivity contribution in [2.45, 2.75) is 58.0 Å². The summed E-state index contributed by atoms with van der Waals surface area (Å²) in [5.41, 5.74) is 12.5. The molecule has 3 aromatic rings. The molecule has 2 unspecified atom stereocenters. The summed E-state index contributed by atoms with van der Waals surface area (Å²) in [5.74, 6) is -1.50. The molecule has 0 fully saturated rings. The summed E-state index contributed by atoms with van der Waals surface area (Å²) in [6.45, 7) is 3.83. The summed E-state index contributed by atoms with van der Waals surface area (Å²) >= 11 is 1.25. The van der Waals surface area contributed by atoms with Gasteiger partial charge in [0.25, 0.3) is 0 Å². The van der Waals surface area contributed by atoms with Gasteiger partial charge in [-0.2, -0.15) is 0 Å². The fourth-order valence-electron chi connectivity index (χ4n) is 4.31. The Morgan fingerprint density at radius 1 is 0.929 bits per heavy atom. The smallest absolute Gasteiger partial charge is 0.243 e. The number of nitrogens with zero attached hydrogens (tertiary/aromatic N) is 2. The molecular weight excluding hydrogens is 554 g/mol. The van der Waals surface area contributed by atoms with Crippen molar-refractivity contribution in [2.75, 3.05) is 13.1 Å². The number of hydrogen-bond donors (Lipinski definition) is 5. The number of guanidine groups is 1. The topological polar surface area (TPSA) is 182 Å². The zero-order valence-corrected chi connectivity index (χ0v) is 24.8. The molecule has 3 amide bonds. The molecule has 7 N–H and O–H groups in total. The molecule has 224 valence electrons. The zero-order valence-electron chi connectivity index (χ0n) is 24.0. The van der Waals surface area contributed by atoms with E-state index in [1.54, 1.807) is 0 Å². The van der Waals surface area contributed by atoms with Crippen LogP contribution in [0.15, 0.2) is 59.6 Å². The molecule has 0 aliphatic rings. The van der Waals surface area contributed by atoms with Gasteiger partial charge < -0.3 is 27.4 Å². The Hall–Kier alpha value is -4.32. The fourth-order valence-corrected chi connectivity index (χ4v) is 5.27. The first kappa shape index (κ1) is 32.2. The minimum atomic E-state index is -0.881. The van der Waals surface area contributed by atoms with E-state index < -0.39 is 23.9 Å². The molecule has 1 heterocycles. The molecular formula is C30H39N7O4S. The van der Waals surface area contributed by atoms with Gasteiger partial charge in [0.15, 0.2) is 11.0 Å². The van der Waals surface area contributed by atoms with Gasteiger partial charge >= 0.3 is 0 Å². The summed E-state index contributed by atoms with van der Waals surface area (Å²) in [6, 6.07) is 15.3. The van der Waals surface area contributed by atoms with Gasteiger partial charge in [0.05, 0.1) is 22.8 Å². The molecule has 0 bridgehead atoms. The van der Waals surface area contributed by atoms with Crippen molar-refractivity contribution < 1.29 is 19.2 Å². The Morgan fingerprint density at radius 3 is 2.31 bits per heavy atom. The van der Waals surface area contributed by atoms with Gasteiger partial charge in [-0.05, 0) is 49.3 Å². The standard InChI is InChI=1S/C30H39N7O4S/c1-19(2)17-23(36-25(38)15-14-20-9-4-3-5-10-20)28(41)34-18-26(39)35-22(12-8-16-33-30(31)32)27(40)29-37-21-11-6-7-13-24(21)42-29/h3-7,9-11,13,19,22-23H,8,12,14-18H2,1-2H3,(H,34,41)(H,35,39)(H,36,38)(H4,31,32,33). The number of aryl methyl sites for hydroxylation is 1. The van der Waals surface area contributed by atoms with Gasteiger partial charge in [-0.1, -0.05) is 56.3 Å². The number of hydrogen-bond acceptors (Lipinski definition) is 7. The van der Waals surface area contributed by atoms with Crippen LogP contribution in [0.3, 0.4) is 0 Å². The van der Waals surface area contributed by atoms with Gasteiger partial charge in [0.2, 0.25) is 23.5 Å². The number of para-hydroxylation sites is 1. The van der Waals surface area contributed by atoms with Crippen molar-refractivity contribution in [1.82, 2.24) is 20.9 Å². The Morgan fingerprint density at radius 2 is 1.62 bits per heavy atom. The van der Waals surface area contributed by atoms with E-state index in [-0.39, 0.29) is 48.0 Å². The maximum Gasteiger partial charge on any atom is 0.243 e. The van der Waals surface area contributed by atoms with Crippen LogP contribution in [-0.4, -0.2) is 59.6 Å². The lowest BCUT2D eigenvalue weighted by atomic mass is 10.0. The van der Waals surface area contributed by atoms with Crippen LogP contribution in [0.2, 0.25) is 0 Å². The summed E-state index contributed by atoms with van der Waals surface area (Å²) < 4.78 is 0.862. The highest BCUT2D eigenvalue weighted by molar-refractivity contribution is 7.20. The number of Topliss-reactive ketones (excluding diaryl/α,β-unsaturated/α-hetero) is 1. The summed E-state index contributed by atoms with van der Waals surface area (Å²) in [5, 5.41) is 8.42. The summed E-state index contributed by atoms with van der Waals surface area (Å²) in [4.78, 5) is 60.2. The van der Waals surface area contributed by atoms with Crippen LogP contribution in [0.1, 0.15) is 54.9 Å². The fraction of sp³-hybridized carbons (Fsp3) is 0.400. The SMILES string of the molecule is CC(C)CC(NC(=O)CCc1ccccc1)C(=O)NCC(=O)NC(CCCN=C(N)N)C(=O)c1nc2ccccc2s1. The molecule has 42 heavy (non-hydrogen) atoms. The van der Waals surface area contributed by atoms with E-state index in [1.165, 1.54) is 11.3 Å². The lowest BCUT2D eigenvalue weighted by Gasteiger charge is -2.21. The molecule has 0 saturated heterocycles. The van der Waals surface area contributed by atoms with E-state index in [9.17, 15) is 19.2 Å². The first-order chi connectivity index (χ1) is 20.1. The second-order valence-electron chi connectivity index (χ2n) is 10.4. The number of fused-ring (bicyclic) bond motifs is 1. The third kappa shape index (κ3) is 10.6. The van der Waals surface area contributed by atoms with Crippen LogP contribution in [0, 0.1) is 5.92 Å². The van der Waals surface area contributed by atoms with E-state index in [2.05, 4.69) is 25.9 Å². The number of carbonyl (C=O) groups excluding carboxylic acids is 4. The summed E-state index contributed by atoms with van der Waals surface area (Å²) in [7, 11) is 0. The minimum absolute atomic E-state index is 0.0566. The van der Waals surface area contributed by atoms with Crippen LogP contribution in [0.4, 0.5) is 0 Å². The van der Waals surface area contributed by atoms with Crippen molar-refractivity contribution >= 4 is 51.0 Å². The highest BCUT2D eigenvalue weighted by Crippen LogP contribution is 2.23. The maximum atomic E-state index is 13.3. The number of ketones is 1. The van der Waals surface area contributed by atoms with E-state index in [1.807, 2.05) is 68.4 Å².